The second-order valence-corrected chi connectivity index (χ2v) is 18.0. The molecule has 6 N–H and O–H groups in total. The van der Waals surface area contributed by atoms with Gasteiger partial charge in [-0.1, -0.05) is 95.1 Å². The number of nitrogens with zero attached hydrogens (tertiary/aromatic N) is 15. The van der Waals surface area contributed by atoms with E-state index in [-0.39, 0.29) is 28.3 Å². The summed E-state index contributed by atoms with van der Waals surface area (Å²) in [5.74, 6) is -15.3. The number of aliphatic hydroxyl groups excluding tert-OH is 2. The van der Waals surface area contributed by atoms with E-state index >= 15 is 0 Å². The van der Waals surface area contributed by atoms with Gasteiger partial charge in [0, 0.05) is 48.9 Å². The Morgan fingerprint density at radius 3 is 1.41 bits per heavy atom. The number of carbonyl (C=O) groups excluding carboxylic acids is 2. The maximum absolute atomic E-state index is 14.8. The average molecular weight is 1220 g/mol. The summed E-state index contributed by atoms with van der Waals surface area (Å²) in [7, 11) is 0. The molecule has 5 aromatic rings. The fourth-order valence-electron chi connectivity index (χ4n) is 8.07. The zero-order chi connectivity index (χ0) is 58.3. The maximum Gasteiger partial charge on any atom is 0.351 e. The normalized spacial score (nSPS) is 26.7. The highest BCUT2D eigenvalue weighted by Gasteiger charge is 2.68. The van der Waals surface area contributed by atoms with Crippen LogP contribution >= 0.6 is 22.6 Å². The van der Waals surface area contributed by atoms with Crippen molar-refractivity contribution in [3.8, 4) is 0 Å². The van der Waals surface area contributed by atoms with Gasteiger partial charge in [0.05, 0.1) is 18.4 Å². The van der Waals surface area contributed by atoms with Crippen LogP contribution in [-0.4, -0.2) is 103 Å². The Morgan fingerprint density at radius 1 is 0.646 bits per heavy atom. The molecule has 0 unspecified atom stereocenters. The monoisotopic (exact) mass is 1220 g/mol. The fraction of sp³-hybridized carbons (Fsp3) is 0.409. The third kappa shape index (κ3) is 11.8. The molecule has 79 heavy (non-hydrogen) atoms. The number of hydrogen-bond acceptors (Lipinski definition) is 17. The molecule has 3 saturated heterocycles. The van der Waals surface area contributed by atoms with Crippen LogP contribution in [0.2, 0.25) is 0 Å². The van der Waals surface area contributed by atoms with Crippen LogP contribution in [0.1, 0.15) is 66.6 Å². The van der Waals surface area contributed by atoms with Crippen LogP contribution in [0.3, 0.4) is 0 Å². The minimum Gasteiger partial charge on any atom is -0.393 e. The molecule has 35 heteroatoms. The van der Waals surface area contributed by atoms with Gasteiger partial charge in [-0.05, 0) is 65.5 Å². The molecule has 3 aliphatic heterocycles. The highest BCUT2D eigenvalue weighted by atomic mass is 127. The highest BCUT2D eigenvalue weighted by Crippen LogP contribution is 2.55. The van der Waals surface area contributed by atoms with E-state index < -0.39 is 107 Å². The molecule has 6 heterocycles. The van der Waals surface area contributed by atoms with Gasteiger partial charge in [0.2, 0.25) is 24.4 Å². The third-order valence-corrected chi connectivity index (χ3v) is 13.7. The Kier molecular flexibility index (Phi) is 18.1. The van der Waals surface area contributed by atoms with Crippen molar-refractivity contribution >= 4 is 51.9 Å². The first kappa shape index (κ1) is 60.1. The molecule has 3 fully saturated rings. The number of nitrogens with two attached hydrogens (primary N) is 1. The van der Waals surface area contributed by atoms with Gasteiger partial charge in [0.15, 0.2) is 17.6 Å². The number of aliphatic hydroxyl groups is 2. The second kappa shape index (κ2) is 23.8. The summed E-state index contributed by atoms with van der Waals surface area (Å²) in [4.78, 5) is 78.7. The highest BCUT2D eigenvalue weighted by molar-refractivity contribution is 14.1. The van der Waals surface area contributed by atoms with Gasteiger partial charge < -0.3 is 40.8 Å². The van der Waals surface area contributed by atoms with Crippen LogP contribution in [-0.2, 0) is 14.2 Å². The number of carbonyl (C=O) groups is 2. The molecular formula is C44H43F6IN18O10. The van der Waals surface area contributed by atoms with Gasteiger partial charge >= 0.3 is 23.0 Å². The number of azide groups is 3. The van der Waals surface area contributed by atoms with E-state index in [4.69, 9.17) is 41.6 Å². The number of nitrogen functional groups attached to an aromatic ring is 1. The van der Waals surface area contributed by atoms with E-state index in [9.17, 15) is 55.4 Å². The van der Waals surface area contributed by atoms with Crippen molar-refractivity contribution in [1.82, 2.24) is 28.7 Å². The summed E-state index contributed by atoms with van der Waals surface area (Å²) in [6.45, 7) is 2.74. The van der Waals surface area contributed by atoms with Crippen molar-refractivity contribution in [2.45, 2.75) is 86.9 Å². The summed E-state index contributed by atoms with van der Waals surface area (Å²) in [5.41, 5.74) is 22.4. The zero-order valence-electron chi connectivity index (χ0n) is 40.9. The van der Waals surface area contributed by atoms with Crippen LogP contribution in [0, 0.1) is 11.8 Å². The van der Waals surface area contributed by atoms with Crippen molar-refractivity contribution in [3.63, 3.8) is 0 Å². The van der Waals surface area contributed by atoms with Gasteiger partial charge in [0.25, 0.3) is 23.7 Å². The molecule has 2 aromatic carbocycles. The first-order valence-corrected chi connectivity index (χ1v) is 24.3. The van der Waals surface area contributed by atoms with Crippen LogP contribution in [0.4, 0.5) is 43.8 Å². The van der Waals surface area contributed by atoms with Crippen LogP contribution in [0.25, 0.3) is 31.3 Å². The Balaban J connectivity index is 0.000000194. The molecule has 28 nitrogen and oxygen atoms in total. The number of anilines is 3. The lowest BCUT2D eigenvalue weighted by atomic mass is 9.92. The predicted molar refractivity (Wildman–Crippen MR) is 270 cm³/mol. The Hall–Kier alpha value is -8.14. The van der Waals surface area contributed by atoms with Gasteiger partial charge in [-0.25, -0.2) is 31.9 Å². The molecule has 0 bridgehead atoms. The average Bonchev–Trinajstić information content (AvgIpc) is 4.12. The molecule has 418 valence electrons. The molecule has 3 aromatic heterocycles. The number of halogens is 7. The second-order valence-electron chi connectivity index (χ2n) is 17.2. The number of rotatable bonds is 13. The number of hydrogen-bond donors (Lipinski definition) is 5. The van der Waals surface area contributed by atoms with Crippen molar-refractivity contribution in [2.24, 2.45) is 27.2 Å². The van der Waals surface area contributed by atoms with Gasteiger partial charge in [-0.3, -0.25) is 23.3 Å². The van der Waals surface area contributed by atoms with Gasteiger partial charge in [-0.15, -0.1) is 0 Å². The number of alkyl halides is 7. The maximum atomic E-state index is 14.8. The zero-order valence-corrected chi connectivity index (χ0v) is 43.1. The number of ether oxygens (including phenoxy) is 3. The number of aromatic nitrogens is 6. The van der Waals surface area contributed by atoms with E-state index in [2.05, 4.69) is 55.7 Å². The van der Waals surface area contributed by atoms with Gasteiger partial charge in [0.1, 0.15) is 17.5 Å². The molecule has 0 aliphatic carbocycles. The smallest absolute Gasteiger partial charge is 0.351 e. The van der Waals surface area contributed by atoms with Crippen molar-refractivity contribution in [1.29, 1.82) is 0 Å². The third-order valence-electron chi connectivity index (χ3n) is 12.6. The summed E-state index contributed by atoms with van der Waals surface area (Å²) in [5, 5.41) is 33.4. The lowest BCUT2D eigenvalue weighted by Gasteiger charge is -2.25. The quantitative estimate of drug-likeness (QED) is 0.0202. The SMILES string of the molecule is CC[C@@]1(N=[N+]=[N-])O[C@@H](n2ccc(NC(=O)c3ccccc3)nc2=O)C(F)(F)[C@@H]1C.C[C@H]1C(F)(F)[C@H](n2ccc(NC(=O)c3ccccc3)nc2=O)O[C@@]1(CI)N=[N+]=[N-].[N-]=[N+]=N[C@]1(CO)O[C@@H](n2ccc(N)nc2=O)C(F)(F)[C@@H]1O. The molecule has 0 saturated carbocycles. The first-order valence-electron chi connectivity index (χ1n) is 22.7. The topological polar surface area (TPSA) is 403 Å². The lowest BCUT2D eigenvalue weighted by Crippen LogP contribution is -2.47. The molecule has 0 radical (unpaired) electrons. The summed E-state index contributed by atoms with van der Waals surface area (Å²) >= 11 is 1.79. The van der Waals surface area contributed by atoms with Crippen molar-refractivity contribution in [2.75, 3.05) is 27.4 Å². The van der Waals surface area contributed by atoms with E-state index in [1.165, 1.54) is 26.0 Å². The number of amides is 2. The van der Waals surface area contributed by atoms with Crippen LogP contribution in [0.15, 0.2) is 127 Å². The van der Waals surface area contributed by atoms with E-state index in [0.29, 0.717) is 24.8 Å². The van der Waals surface area contributed by atoms with E-state index in [1.807, 2.05) is 0 Å². The minimum absolute atomic E-state index is 0.00227. The fourth-order valence-corrected chi connectivity index (χ4v) is 9.07. The lowest BCUT2D eigenvalue weighted by molar-refractivity contribution is -0.144. The van der Waals surface area contributed by atoms with E-state index in [0.717, 1.165) is 24.7 Å². The van der Waals surface area contributed by atoms with Crippen LogP contribution in [0.5, 0.6) is 0 Å². The van der Waals surface area contributed by atoms with Crippen molar-refractivity contribution < 1.29 is 60.4 Å². The Morgan fingerprint density at radius 2 is 1.01 bits per heavy atom. The summed E-state index contributed by atoms with van der Waals surface area (Å²) < 4.78 is 105. The molecule has 3 aliphatic rings. The molecule has 8 rings (SSSR count). The van der Waals surface area contributed by atoms with Crippen LogP contribution < -0.4 is 33.4 Å². The largest absolute Gasteiger partial charge is 0.393 e. The molecule has 0 spiro atoms. The van der Waals surface area contributed by atoms with E-state index in [1.54, 1.807) is 90.2 Å². The predicted octanol–water partition coefficient (Wildman–Crippen LogP) is 6.80. The first-order chi connectivity index (χ1) is 37.3. The molecular weight excluding hydrogens is 1180 g/mol. The van der Waals surface area contributed by atoms with Crippen molar-refractivity contribution in [3.05, 3.63) is 171 Å². The number of nitrogens with one attached hydrogen (secondary N) is 2. The van der Waals surface area contributed by atoms with Gasteiger partial charge in [-0.2, -0.15) is 23.7 Å². The summed E-state index contributed by atoms with van der Waals surface area (Å²) in [6.07, 6.45) is -5.97. The number of benzene rings is 2. The minimum atomic E-state index is -4.02. The Labute approximate surface area is 452 Å². The summed E-state index contributed by atoms with van der Waals surface area (Å²) in [6, 6.07) is 20.0. The Bertz CT molecular complexity index is 3240. The molecule has 2 amide bonds. The molecule has 9 atom stereocenters. The standard InChI is InChI=1S/C18H18F2N6O3.C17H15F2IN6O3.C9H10F2N6O4/c1-3-17(24-25-21)11(2)18(19,20)15(29-17)26-10-9-13(23-16(26)28)22-14(27)12-7-5-4-6-8-12;1-10-16(9-20,24-25-21)29-14(17(10,18)19)26-8-7-12(23-15(26)28)22-13(27)11-5-3-2-4-6-11;10-9(11)5(19)8(3-18,15-16-13)21-6(9)17-2-1-4(12)14-7(17)20/h4-11,15H,3H2,1-2H3,(H,22,23,27,28);2-8,10,14H,9H2,1H3,(H,22,23,27,28);1-2,5-6,18-19H,3H2,(H2,12,14,20)/t11-,15-,17-;10-,14-,16-;5-,6-,8-/m111/s1.